The predicted molar refractivity (Wildman–Crippen MR) is 82.0 cm³/mol. The molecule has 4 nitrogen and oxygen atoms in total. The van der Waals surface area contributed by atoms with E-state index in [0.29, 0.717) is 18.6 Å². The predicted octanol–water partition coefficient (Wildman–Crippen LogP) is 2.74. The van der Waals surface area contributed by atoms with Crippen molar-refractivity contribution in [1.29, 1.82) is 0 Å². The average Bonchev–Trinajstić information content (AvgIpc) is 2.90. The first-order valence-corrected chi connectivity index (χ1v) is 7.97. The second kappa shape index (κ2) is 6.48. The van der Waals surface area contributed by atoms with E-state index in [1.807, 2.05) is 11.8 Å². The van der Waals surface area contributed by atoms with E-state index in [2.05, 4.69) is 35.2 Å². The lowest BCUT2D eigenvalue weighted by molar-refractivity contribution is 0.0686. The first-order valence-electron chi connectivity index (χ1n) is 7.97. The zero-order chi connectivity index (χ0) is 14.7. The molecule has 3 rings (SSSR count). The third-order valence-electron chi connectivity index (χ3n) is 4.61. The minimum Gasteiger partial charge on any atom is -0.450 e. The highest BCUT2D eigenvalue weighted by Crippen LogP contribution is 2.31. The Kier molecular flexibility index (Phi) is 4.44. The molecule has 4 heteroatoms. The van der Waals surface area contributed by atoms with E-state index >= 15 is 0 Å². The monoisotopic (exact) mass is 288 g/mol. The van der Waals surface area contributed by atoms with Gasteiger partial charge in [-0.25, -0.2) is 4.79 Å². The molecule has 2 heterocycles. The summed E-state index contributed by atoms with van der Waals surface area (Å²) < 4.78 is 5.21. The van der Waals surface area contributed by atoms with Gasteiger partial charge in [-0.2, -0.15) is 0 Å². The van der Waals surface area contributed by atoms with Crippen LogP contribution in [0.5, 0.6) is 0 Å². The molecular weight excluding hydrogens is 264 g/mol. The van der Waals surface area contributed by atoms with Crippen molar-refractivity contribution in [3.63, 3.8) is 0 Å². The molecule has 0 bridgehead atoms. The largest absolute Gasteiger partial charge is 0.450 e. The van der Waals surface area contributed by atoms with Crippen LogP contribution >= 0.6 is 0 Å². The maximum absolute atomic E-state index is 12.1. The van der Waals surface area contributed by atoms with Crippen LogP contribution in [-0.2, 0) is 11.3 Å². The fourth-order valence-corrected chi connectivity index (χ4v) is 3.67. The van der Waals surface area contributed by atoms with Gasteiger partial charge in [0.15, 0.2) is 0 Å². The normalized spacial score (nSPS) is 25.7. The van der Waals surface area contributed by atoms with E-state index in [1.54, 1.807) is 0 Å². The quantitative estimate of drug-likeness (QED) is 0.857. The standard InChI is InChI=1S/C17H24N2O2/c1-2-21-17(20)19-10-6-9-15-12-18(13-16(15)19)11-14-7-4-3-5-8-14/h3-5,7-8,15-16H,2,6,9-13H2,1H3. The molecule has 1 aromatic carbocycles. The summed E-state index contributed by atoms with van der Waals surface area (Å²) in [5.74, 6) is 0.604. The number of ether oxygens (including phenoxy) is 1. The molecule has 2 atom stereocenters. The molecule has 2 aliphatic heterocycles. The van der Waals surface area contributed by atoms with E-state index in [4.69, 9.17) is 4.74 Å². The molecule has 114 valence electrons. The number of piperidine rings is 1. The lowest BCUT2D eigenvalue weighted by Crippen LogP contribution is -2.48. The van der Waals surface area contributed by atoms with Gasteiger partial charge in [-0.15, -0.1) is 0 Å². The number of fused-ring (bicyclic) bond motifs is 1. The van der Waals surface area contributed by atoms with Crippen molar-refractivity contribution in [2.24, 2.45) is 5.92 Å². The molecule has 1 aromatic rings. The number of carbonyl (C=O) groups excluding carboxylic acids is 1. The summed E-state index contributed by atoms with van der Waals surface area (Å²) in [6, 6.07) is 10.9. The first kappa shape index (κ1) is 14.4. The van der Waals surface area contributed by atoms with Crippen LogP contribution in [0.4, 0.5) is 4.79 Å². The summed E-state index contributed by atoms with van der Waals surface area (Å²) >= 11 is 0. The van der Waals surface area contributed by atoms with Gasteiger partial charge in [0.05, 0.1) is 12.6 Å². The van der Waals surface area contributed by atoms with Gasteiger partial charge in [-0.3, -0.25) is 4.90 Å². The summed E-state index contributed by atoms with van der Waals surface area (Å²) in [6.45, 7) is 6.22. The minimum atomic E-state index is -0.131. The Morgan fingerprint density at radius 3 is 2.86 bits per heavy atom. The lowest BCUT2D eigenvalue weighted by Gasteiger charge is -2.36. The SMILES string of the molecule is CCOC(=O)N1CCCC2CN(Cc3ccccc3)CC21. The van der Waals surface area contributed by atoms with Crippen LogP contribution in [0.3, 0.4) is 0 Å². The van der Waals surface area contributed by atoms with Crippen molar-refractivity contribution in [2.75, 3.05) is 26.2 Å². The van der Waals surface area contributed by atoms with Crippen LogP contribution in [0.25, 0.3) is 0 Å². The van der Waals surface area contributed by atoms with Gasteiger partial charge in [0.25, 0.3) is 0 Å². The zero-order valence-electron chi connectivity index (χ0n) is 12.7. The van der Waals surface area contributed by atoms with Crippen molar-refractivity contribution < 1.29 is 9.53 Å². The zero-order valence-corrected chi connectivity index (χ0v) is 12.7. The number of nitrogens with zero attached hydrogens (tertiary/aromatic N) is 2. The van der Waals surface area contributed by atoms with Crippen molar-refractivity contribution in [1.82, 2.24) is 9.80 Å². The summed E-state index contributed by atoms with van der Waals surface area (Å²) in [6.07, 6.45) is 2.19. The molecule has 2 fully saturated rings. The van der Waals surface area contributed by atoms with Crippen LogP contribution in [-0.4, -0.2) is 48.2 Å². The van der Waals surface area contributed by atoms with Crippen LogP contribution in [0.15, 0.2) is 30.3 Å². The molecule has 0 N–H and O–H groups in total. The third kappa shape index (κ3) is 3.21. The minimum absolute atomic E-state index is 0.131. The smallest absolute Gasteiger partial charge is 0.410 e. The highest BCUT2D eigenvalue weighted by atomic mass is 16.6. The summed E-state index contributed by atoms with van der Waals surface area (Å²) in [7, 11) is 0. The number of likely N-dealkylation sites (tertiary alicyclic amines) is 2. The maximum atomic E-state index is 12.1. The van der Waals surface area contributed by atoms with Crippen LogP contribution in [0.2, 0.25) is 0 Å². The third-order valence-corrected chi connectivity index (χ3v) is 4.61. The molecule has 0 saturated carbocycles. The average molecular weight is 288 g/mol. The van der Waals surface area contributed by atoms with Gasteiger partial charge in [-0.05, 0) is 31.2 Å². The molecular formula is C17H24N2O2. The Labute approximate surface area is 126 Å². The molecule has 0 spiro atoms. The maximum Gasteiger partial charge on any atom is 0.410 e. The van der Waals surface area contributed by atoms with Crippen molar-refractivity contribution in [2.45, 2.75) is 32.4 Å². The number of hydrogen-bond acceptors (Lipinski definition) is 3. The van der Waals surface area contributed by atoms with E-state index in [1.165, 1.54) is 12.0 Å². The molecule has 0 aromatic heterocycles. The number of carbonyl (C=O) groups is 1. The van der Waals surface area contributed by atoms with Crippen LogP contribution < -0.4 is 0 Å². The Morgan fingerprint density at radius 1 is 1.29 bits per heavy atom. The van der Waals surface area contributed by atoms with Crippen molar-refractivity contribution >= 4 is 6.09 Å². The Morgan fingerprint density at radius 2 is 2.10 bits per heavy atom. The molecule has 1 amide bonds. The van der Waals surface area contributed by atoms with Crippen LogP contribution in [0.1, 0.15) is 25.3 Å². The molecule has 2 saturated heterocycles. The van der Waals surface area contributed by atoms with E-state index in [-0.39, 0.29) is 6.09 Å². The van der Waals surface area contributed by atoms with Crippen molar-refractivity contribution in [3.8, 4) is 0 Å². The van der Waals surface area contributed by atoms with Gasteiger partial charge < -0.3 is 9.64 Å². The number of benzene rings is 1. The highest BCUT2D eigenvalue weighted by Gasteiger charge is 2.41. The van der Waals surface area contributed by atoms with Gasteiger partial charge in [0.2, 0.25) is 0 Å². The molecule has 2 unspecified atom stereocenters. The van der Waals surface area contributed by atoms with Gasteiger partial charge in [-0.1, -0.05) is 30.3 Å². The molecule has 2 aliphatic rings. The molecule has 0 aliphatic carbocycles. The number of rotatable bonds is 3. The summed E-state index contributed by atoms with van der Waals surface area (Å²) in [5, 5.41) is 0. The van der Waals surface area contributed by atoms with E-state index in [9.17, 15) is 4.79 Å². The van der Waals surface area contributed by atoms with Gasteiger partial charge in [0.1, 0.15) is 0 Å². The molecule has 0 radical (unpaired) electrons. The van der Waals surface area contributed by atoms with Gasteiger partial charge in [0, 0.05) is 26.2 Å². The second-order valence-electron chi connectivity index (χ2n) is 6.04. The summed E-state index contributed by atoms with van der Waals surface area (Å²) in [5.41, 5.74) is 1.35. The van der Waals surface area contributed by atoms with E-state index in [0.717, 1.165) is 32.6 Å². The Balaban J connectivity index is 1.64. The van der Waals surface area contributed by atoms with Gasteiger partial charge >= 0.3 is 6.09 Å². The fourth-order valence-electron chi connectivity index (χ4n) is 3.67. The van der Waals surface area contributed by atoms with E-state index < -0.39 is 0 Å². The summed E-state index contributed by atoms with van der Waals surface area (Å²) in [4.78, 5) is 16.5. The first-order chi connectivity index (χ1) is 10.3. The topological polar surface area (TPSA) is 32.8 Å². The lowest BCUT2D eigenvalue weighted by atomic mass is 9.92. The second-order valence-corrected chi connectivity index (χ2v) is 6.04. The van der Waals surface area contributed by atoms with Crippen molar-refractivity contribution in [3.05, 3.63) is 35.9 Å². The highest BCUT2D eigenvalue weighted by molar-refractivity contribution is 5.68. The Hall–Kier alpha value is -1.55. The van der Waals surface area contributed by atoms with Crippen LogP contribution in [0, 0.1) is 5.92 Å². The number of hydrogen-bond donors (Lipinski definition) is 0. The Bertz CT molecular complexity index is 477. The molecule has 21 heavy (non-hydrogen) atoms. The number of amides is 1. The fraction of sp³-hybridized carbons (Fsp3) is 0.588.